The molecule has 5 rings (SSSR count). The van der Waals surface area contributed by atoms with Crippen LogP contribution in [0.15, 0.2) is 47.0 Å². The molecule has 2 aliphatic rings. The second kappa shape index (κ2) is 7.41. The summed E-state index contributed by atoms with van der Waals surface area (Å²) in [6.07, 6.45) is 5.79. The third kappa shape index (κ3) is 3.54. The molecule has 3 aromatic rings. The van der Waals surface area contributed by atoms with Crippen LogP contribution in [0.3, 0.4) is 0 Å². The van der Waals surface area contributed by atoms with Crippen LogP contribution < -0.4 is 0 Å². The van der Waals surface area contributed by atoms with Gasteiger partial charge in [0.2, 0.25) is 15.9 Å². The van der Waals surface area contributed by atoms with E-state index in [4.69, 9.17) is 9.40 Å². The van der Waals surface area contributed by atoms with Crippen LogP contribution in [0, 0.1) is 6.92 Å². The normalized spacial score (nSPS) is 17.7. The maximum atomic E-state index is 12.4. The van der Waals surface area contributed by atoms with Gasteiger partial charge in [0.25, 0.3) is 5.89 Å². The molecule has 8 nitrogen and oxygen atoms in total. The van der Waals surface area contributed by atoms with Crippen LogP contribution in [-0.2, 0) is 10.0 Å². The van der Waals surface area contributed by atoms with Crippen LogP contribution in [0.2, 0.25) is 0 Å². The Hall–Kier alpha value is -2.91. The van der Waals surface area contributed by atoms with Crippen LogP contribution >= 0.6 is 0 Å². The van der Waals surface area contributed by atoms with Crippen molar-refractivity contribution in [2.24, 2.45) is 0 Å². The van der Waals surface area contributed by atoms with Crippen molar-refractivity contribution in [3.8, 4) is 23.0 Å². The number of aromatic nitrogens is 4. The summed E-state index contributed by atoms with van der Waals surface area (Å²) in [5, 5.41) is 8.10. The Kier molecular flexibility index (Phi) is 4.71. The monoisotopic (exact) mass is 425 g/mol. The molecule has 1 aromatic carbocycles. The predicted octanol–water partition coefficient (Wildman–Crippen LogP) is 3.33. The van der Waals surface area contributed by atoms with Gasteiger partial charge in [-0.3, -0.25) is 4.98 Å². The van der Waals surface area contributed by atoms with Gasteiger partial charge >= 0.3 is 0 Å². The van der Waals surface area contributed by atoms with Gasteiger partial charge in [0.1, 0.15) is 5.69 Å². The summed E-state index contributed by atoms with van der Waals surface area (Å²) in [6, 6.07) is 9.55. The second-order valence-corrected chi connectivity index (χ2v) is 9.76. The van der Waals surface area contributed by atoms with E-state index in [9.17, 15) is 8.42 Å². The minimum Gasteiger partial charge on any atom is -0.415 e. The Bertz CT molecular complexity index is 1220. The number of benzene rings is 1. The van der Waals surface area contributed by atoms with Crippen LogP contribution in [0.5, 0.6) is 0 Å². The average molecular weight is 426 g/mol. The van der Waals surface area contributed by atoms with E-state index in [-0.39, 0.29) is 6.68 Å². The summed E-state index contributed by atoms with van der Waals surface area (Å²) in [6.45, 7) is 2.68. The molecule has 1 fully saturated rings. The van der Waals surface area contributed by atoms with Gasteiger partial charge in [-0.05, 0) is 43.9 Å². The summed E-state index contributed by atoms with van der Waals surface area (Å²) in [7, 11) is -3.16. The molecule has 0 saturated heterocycles. The molecule has 0 unspecified atom stereocenters. The van der Waals surface area contributed by atoms with Crippen LogP contribution in [-0.4, -0.2) is 51.2 Å². The standard InChI is InChI=1S/C21H21N5O3S.H2/c1-14-19(21-25-24-20(29-21)16-5-3-2-4-6-16)23-18(13-22-14)15-9-11-26(12-10-15)30(27,28)17-7-8-17;/h2-6,9,13,17H,7-8,10-12H2,1H3;1H. The number of sulfonamides is 1. The summed E-state index contributed by atoms with van der Waals surface area (Å²) in [5.74, 6) is 0.741. The highest BCUT2D eigenvalue weighted by Gasteiger charge is 2.40. The Morgan fingerprint density at radius 2 is 1.90 bits per heavy atom. The maximum absolute atomic E-state index is 12.4. The fourth-order valence-corrected chi connectivity index (χ4v) is 5.30. The van der Waals surface area contributed by atoms with Gasteiger partial charge in [-0.2, -0.15) is 4.31 Å². The summed E-state index contributed by atoms with van der Waals surface area (Å²) in [5.41, 5.74) is 3.75. The fraction of sp³-hybridized carbons (Fsp3) is 0.333. The van der Waals surface area contributed by atoms with E-state index in [0.29, 0.717) is 48.4 Å². The van der Waals surface area contributed by atoms with Gasteiger partial charge in [-0.1, -0.05) is 24.3 Å². The molecule has 1 saturated carbocycles. The van der Waals surface area contributed by atoms with E-state index in [1.807, 2.05) is 43.3 Å². The van der Waals surface area contributed by atoms with E-state index in [0.717, 1.165) is 24.0 Å². The van der Waals surface area contributed by atoms with Gasteiger partial charge in [0.15, 0.2) is 0 Å². The molecular weight excluding hydrogens is 402 g/mol. The second-order valence-electron chi connectivity index (χ2n) is 7.55. The first-order valence-electron chi connectivity index (χ1n) is 9.93. The third-order valence-electron chi connectivity index (χ3n) is 5.41. The topological polar surface area (TPSA) is 102 Å². The first-order valence-corrected chi connectivity index (χ1v) is 11.4. The molecule has 0 spiro atoms. The summed E-state index contributed by atoms with van der Waals surface area (Å²) in [4.78, 5) is 9.17. The van der Waals surface area contributed by atoms with Crippen molar-refractivity contribution in [2.45, 2.75) is 31.4 Å². The number of hydrogen-bond acceptors (Lipinski definition) is 7. The molecule has 3 heterocycles. The smallest absolute Gasteiger partial charge is 0.268 e. The van der Waals surface area contributed by atoms with Crippen molar-refractivity contribution in [3.63, 3.8) is 0 Å². The molecule has 30 heavy (non-hydrogen) atoms. The van der Waals surface area contributed by atoms with E-state index in [1.165, 1.54) is 0 Å². The molecule has 1 aliphatic carbocycles. The molecular formula is C21H23N5O3S. The van der Waals surface area contributed by atoms with Crippen LogP contribution in [0.25, 0.3) is 28.6 Å². The summed E-state index contributed by atoms with van der Waals surface area (Å²) < 4.78 is 32.3. The Balaban J connectivity index is 0.00000231. The Labute approximate surface area is 176 Å². The van der Waals surface area contributed by atoms with Crippen LogP contribution in [0.1, 0.15) is 32.1 Å². The molecule has 9 heteroatoms. The molecule has 2 aromatic heterocycles. The lowest BCUT2D eigenvalue weighted by atomic mass is 10.1. The van der Waals surface area contributed by atoms with E-state index in [1.54, 1.807) is 10.5 Å². The average Bonchev–Trinajstić information content (AvgIpc) is 3.53. The predicted molar refractivity (Wildman–Crippen MR) is 114 cm³/mol. The lowest BCUT2D eigenvalue weighted by Crippen LogP contribution is -2.37. The number of nitrogens with zero attached hydrogens (tertiary/aromatic N) is 5. The minimum absolute atomic E-state index is 0. The van der Waals surface area contributed by atoms with Crippen molar-refractivity contribution in [3.05, 3.63) is 54.0 Å². The number of aryl methyl sites for hydroxylation is 1. The van der Waals surface area contributed by atoms with Crippen molar-refractivity contribution in [1.82, 2.24) is 24.5 Å². The highest BCUT2D eigenvalue weighted by atomic mass is 32.2. The van der Waals surface area contributed by atoms with Crippen molar-refractivity contribution < 1.29 is 14.3 Å². The van der Waals surface area contributed by atoms with Crippen LogP contribution in [0.4, 0.5) is 0 Å². The highest BCUT2D eigenvalue weighted by molar-refractivity contribution is 7.90. The van der Waals surface area contributed by atoms with E-state index < -0.39 is 10.0 Å². The van der Waals surface area contributed by atoms with E-state index >= 15 is 0 Å². The lowest BCUT2D eigenvalue weighted by Gasteiger charge is -2.25. The van der Waals surface area contributed by atoms with Gasteiger partial charge in [-0.25, -0.2) is 13.4 Å². The molecule has 0 atom stereocenters. The van der Waals surface area contributed by atoms with Gasteiger partial charge in [0, 0.05) is 20.1 Å². The zero-order valence-corrected chi connectivity index (χ0v) is 17.3. The molecule has 0 amide bonds. The quantitative estimate of drug-likeness (QED) is 0.618. The summed E-state index contributed by atoms with van der Waals surface area (Å²) >= 11 is 0. The zero-order valence-electron chi connectivity index (χ0n) is 16.5. The molecule has 1 aliphatic heterocycles. The molecule has 0 bridgehead atoms. The first kappa shape index (κ1) is 19.1. The SMILES string of the molecule is Cc1ncc(C2=CCN(S(=O)(=O)C3CC3)CC2)nc1-c1nnc(-c2ccccc2)o1.[HH]. The van der Waals surface area contributed by atoms with E-state index in [2.05, 4.69) is 15.2 Å². The third-order valence-corrected chi connectivity index (χ3v) is 7.78. The largest absolute Gasteiger partial charge is 0.415 e. The van der Waals surface area contributed by atoms with Gasteiger partial charge in [-0.15, -0.1) is 10.2 Å². The molecule has 156 valence electrons. The highest BCUT2D eigenvalue weighted by Crippen LogP contribution is 2.33. The van der Waals surface area contributed by atoms with Crippen molar-refractivity contribution in [2.75, 3.05) is 13.1 Å². The Morgan fingerprint density at radius 1 is 1.13 bits per heavy atom. The number of rotatable bonds is 5. The zero-order chi connectivity index (χ0) is 20.7. The fourth-order valence-electron chi connectivity index (χ4n) is 3.51. The maximum Gasteiger partial charge on any atom is 0.268 e. The molecule has 0 N–H and O–H groups in total. The van der Waals surface area contributed by atoms with Crippen molar-refractivity contribution >= 4 is 15.6 Å². The Morgan fingerprint density at radius 3 is 2.60 bits per heavy atom. The first-order chi connectivity index (χ1) is 14.5. The molecule has 0 radical (unpaired) electrons. The van der Waals surface area contributed by atoms with Crippen molar-refractivity contribution in [1.29, 1.82) is 0 Å². The number of hydrogen-bond donors (Lipinski definition) is 0. The van der Waals surface area contributed by atoms with Gasteiger partial charge in [0.05, 0.1) is 22.8 Å². The van der Waals surface area contributed by atoms with Gasteiger partial charge < -0.3 is 4.42 Å². The lowest BCUT2D eigenvalue weighted by molar-refractivity contribution is 0.440. The minimum atomic E-state index is -3.16.